The Labute approximate surface area is 184 Å². The molecule has 1 aliphatic rings. The van der Waals surface area contributed by atoms with Gasteiger partial charge in [-0.25, -0.2) is 9.86 Å². The van der Waals surface area contributed by atoms with Crippen LogP contribution in [0.1, 0.15) is 19.4 Å². The van der Waals surface area contributed by atoms with Crippen LogP contribution in [0.4, 0.5) is 4.79 Å². The van der Waals surface area contributed by atoms with Crippen LogP contribution in [-0.2, 0) is 9.59 Å². The molecule has 0 aliphatic carbocycles. The quantitative estimate of drug-likeness (QED) is 0.215. The van der Waals surface area contributed by atoms with Gasteiger partial charge in [-0.2, -0.15) is 5.26 Å². The summed E-state index contributed by atoms with van der Waals surface area (Å²) in [5, 5.41) is 21.9. The molecular formula is C22H22N4O4S. The highest BCUT2D eigenvalue weighted by molar-refractivity contribution is 7.99. The molecule has 31 heavy (non-hydrogen) atoms. The molecule has 0 saturated carbocycles. The molecule has 2 aromatic rings. The summed E-state index contributed by atoms with van der Waals surface area (Å²) < 4.78 is 0. The molecule has 1 saturated heterocycles. The van der Waals surface area contributed by atoms with Crippen molar-refractivity contribution in [2.45, 2.75) is 30.3 Å². The lowest BCUT2D eigenvalue weighted by Crippen LogP contribution is -2.47. The van der Waals surface area contributed by atoms with Gasteiger partial charge in [-0.15, -0.1) is 11.8 Å². The van der Waals surface area contributed by atoms with E-state index in [2.05, 4.69) is 11.4 Å². The van der Waals surface area contributed by atoms with E-state index in [4.69, 9.17) is 5.26 Å². The average Bonchev–Trinajstić information content (AvgIpc) is 2.97. The fraction of sp³-hybridized carbons (Fsp3) is 0.273. The van der Waals surface area contributed by atoms with E-state index < -0.39 is 23.5 Å². The Bertz CT molecular complexity index is 1020. The van der Waals surface area contributed by atoms with E-state index in [1.807, 2.05) is 36.4 Å². The third kappa shape index (κ3) is 5.05. The van der Waals surface area contributed by atoms with Crippen LogP contribution in [0.25, 0.3) is 11.1 Å². The van der Waals surface area contributed by atoms with E-state index in [-0.39, 0.29) is 18.7 Å². The molecule has 9 heteroatoms. The lowest BCUT2D eigenvalue weighted by Gasteiger charge is -2.26. The van der Waals surface area contributed by atoms with Crippen molar-refractivity contribution >= 4 is 30.1 Å². The highest BCUT2D eigenvalue weighted by atomic mass is 32.2. The van der Waals surface area contributed by atoms with Crippen molar-refractivity contribution in [3.63, 3.8) is 0 Å². The molecule has 2 N–H and O–H groups in total. The summed E-state index contributed by atoms with van der Waals surface area (Å²) in [5.41, 5.74) is 1.55. The summed E-state index contributed by atoms with van der Waals surface area (Å²) >= 11 is 1.39. The maximum Gasteiger partial charge on any atom is 0.325 e. The van der Waals surface area contributed by atoms with Crippen LogP contribution in [0.15, 0.2) is 53.4 Å². The van der Waals surface area contributed by atoms with Crippen molar-refractivity contribution in [1.29, 1.82) is 5.26 Å². The van der Waals surface area contributed by atoms with Gasteiger partial charge in [0.05, 0.1) is 24.2 Å². The van der Waals surface area contributed by atoms with E-state index in [0.29, 0.717) is 10.6 Å². The van der Waals surface area contributed by atoms with Gasteiger partial charge in [0.15, 0.2) is 0 Å². The first-order valence-corrected chi connectivity index (χ1v) is 10.5. The predicted octanol–water partition coefficient (Wildman–Crippen LogP) is 2.86. The molecular weight excluding hydrogens is 416 g/mol. The molecule has 1 aliphatic heterocycles. The van der Waals surface area contributed by atoms with Crippen LogP contribution in [0.3, 0.4) is 0 Å². The van der Waals surface area contributed by atoms with Crippen molar-refractivity contribution < 1.29 is 19.6 Å². The number of thioether (sulfide) groups is 1. The normalized spacial score (nSPS) is 15.9. The van der Waals surface area contributed by atoms with Crippen molar-refractivity contribution in [3.8, 4) is 17.2 Å². The van der Waals surface area contributed by atoms with E-state index in [1.165, 1.54) is 11.8 Å². The Morgan fingerprint density at radius 1 is 1.16 bits per heavy atom. The van der Waals surface area contributed by atoms with Crippen molar-refractivity contribution in [3.05, 3.63) is 54.1 Å². The summed E-state index contributed by atoms with van der Waals surface area (Å²) in [4.78, 5) is 37.5. The minimum Gasteiger partial charge on any atom is -0.324 e. The van der Waals surface area contributed by atoms with Crippen LogP contribution in [-0.4, -0.2) is 57.4 Å². The summed E-state index contributed by atoms with van der Waals surface area (Å²) in [5.74, 6) is -0.123. The smallest absolute Gasteiger partial charge is 0.324 e. The fourth-order valence-corrected chi connectivity index (χ4v) is 4.14. The number of hydroxylamine groups is 2. The zero-order valence-corrected chi connectivity index (χ0v) is 17.9. The third-order valence-electron chi connectivity index (χ3n) is 4.96. The maximum atomic E-state index is 12.4. The van der Waals surface area contributed by atoms with Gasteiger partial charge in [-0.3, -0.25) is 19.7 Å². The van der Waals surface area contributed by atoms with Gasteiger partial charge >= 0.3 is 6.03 Å². The van der Waals surface area contributed by atoms with Crippen LogP contribution in [0, 0.1) is 11.3 Å². The molecule has 1 fully saturated rings. The van der Waals surface area contributed by atoms with Gasteiger partial charge < -0.3 is 5.32 Å². The monoisotopic (exact) mass is 438 g/mol. The SMILES string of the molecule is CC1(C)NC(=O)N(CC(CSc2ccc(-c3ccc(C#N)cc3)cc2)N(O)C=O)C1=O. The molecule has 0 aromatic heterocycles. The molecule has 0 radical (unpaired) electrons. The zero-order valence-electron chi connectivity index (χ0n) is 17.1. The summed E-state index contributed by atoms with van der Waals surface area (Å²) in [7, 11) is 0. The van der Waals surface area contributed by atoms with Gasteiger partial charge in [0.1, 0.15) is 5.54 Å². The second-order valence-corrected chi connectivity index (χ2v) is 8.73. The summed E-state index contributed by atoms with van der Waals surface area (Å²) in [6.45, 7) is 3.09. The molecule has 1 atom stereocenters. The lowest BCUT2D eigenvalue weighted by molar-refractivity contribution is -0.160. The van der Waals surface area contributed by atoms with E-state index in [9.17, 15) is 19.6 Å². The third-order valence-corrected chi connectivity index (χ3v) is 6.12. The van der Waals surface area contributed by atoms with Crippen LogP contribution in [0.5, 0.6) is 0 Å². The zero-order chi connectivity index (χ0) is 22.6. The number of urea groups is 1. The van der Waals surface area contributed by atoms with Gasteiger partial charge in [-0.05, 0) is 49.2 Å². The second-order valence-electron chi connectivity index (χ2n) is 7.63. The molecule has 4 amide bonds. The number of imide groups is 1. The predicted molar refractivity (Wildman–Crippen MR) is 115 cm³/mol. The molecule has 1 heterocycles. The number of nitrogens with one attached hydrogen (secondary N) is 1. The number of hydrogen-bond acceptors (Lipinski definition) is 6. The van der Waals surface area contributed by atoms with Crippen molar-refractivity contribution in [2.24, 2.45) is 0 Å². The average molecular weight is 439 g/mol. The first kappa shape index (κ1) is 22.3. The van der Waals surface area contributed by atoms with Crippen LogP contribution < -0.4 is 5.32 Å². The van der Waals surface area contributed by atoms with E-state index >= 15 is 0 Å². The molecule has 160 valence electrons. The van der Waals surface area contributed by atoms with Crippen molar-refractivity contribution in [1.82, 2.24) is 15.3 Å². The number of carbonyl (C=O) groups excluding carboxylic acids is 3. The van der Waals surface area contributed by atoms with Gasteiger partial charge in [0.25, 0.3) is 5.91 Å². The maximum absolute atomic E-state index is 12.4. The van der Waals surface area contributed by atoms with Gasteiger partial charge in [0, 0.05) is 10.6 Å². The number of rotatable bonds is 8. The molecule has 1 unspecified atom stereocenters. The number of nitrogens with zero attached hydrogens (tertiary/aromatic N) is 3. The first-order chi connectivity index (χ1) is 14.7. The number of nitriles is 1. The number of carbonyl (C=O) groups is 3. The summed E-state index contributed by atoms with van der Waals surface area (Å²) in [6, 6.07) is 15.8. The highest BCUT2D eigenvalue weighted by Crippen LogP contribution is 2.26. The minimum atomic E-state index is -1.02. The minimum absolute atomic E-state index is 0.111. The molecule has 2 aromatic carbocycles. The standard InChI is InChI=1S/C22H22N4O4S/c1-22(2)20(28)25(21(29)24-22)12-18(26(30)14-27)13-31-19-9-7-17(8-10-19)16-5-3-15(11-23)4-6-16/h3-10,14,18,30H,12-13H2,1-2H3,(H,24,29). The topological polar surface area (TPSA) is 114 Å². The van der Waals surface area contributed by atoms with E-state index in [0.717, 1.165) is 20.9 Å². The number of amides is 4. The molecule has 3 rings (SSSR count). The van der Waals surface area contributed by atoms with E-state index in [1.54, 1.807) is 26.0 Å². The summed E-state index contributed by atoms with van der Waals surface area (Å²) in [6.07, 6.45) is 0.267. The number of hydrogen-bond donors (Lipinski definition) is 2. The molecule has 0 spiro atoms. The van der Waals surface area contributed by atoms with Crippen LogP contribution >= 0.6 is 11.8 Å². The van der Waals surface area contributed by atoms with Gasteiger partial charge in [-0.1, -0.05) is 24.3 Å². The molecule has 0 bridgehead atoms. The Morgan fingerprint density at radius 3 is 2.23 bits per heavy atom. The lowest BCUT2D eigenvalue weighted by atomic mass is 10.0. The Hall–Kier alpha value is -3.35. The van der Waals surface area contributed by atoms with Crippen LogP contribution in [0.2, 0.25) is 0 Å². The second kappa shape index (κ2) is 9.20. The largest absolute Gasteiger partial charge is 0.325 e. The fourth-order valence-electron chi connectivity index (χ4n) is 3.17. The number of benzene rings is 2. The van der Waals surface area contributed by atoms with Gasteiger partial charge in [0.2, 0.25) is 6.41 Å². The highest BCUT2D eigenvalue weighted by Gasteiger charge is 2.45. The Morgan fingerprint density at radius 2 is 1.74 bits per heavy atom. The first-order valence-electron chi connectivity index (χ1n) is 9.55. The Kier molecular flexibility index (Phi) is 6.63. The Balaban J connectivity index is 1.66. The molecule has 8 nitrogen and oxygen atoms in total. The van der Waals surface area contributed by atoms with Crippen molar-refractivity contribution in [2.75, 3.05) is 12.3 Å².